The Labute approximate surface area is 268 Å². The fraction of sp³-hybridized carbons (Fsp3) is 0.429. The SMILES string of the molecule is COc1nccc(CN(C(=O)C[C@@H]2C(c3ccc(CCCOc4c(F)ccc(F)c4Cl)cc3)=C[C@@H]3CNC[C@H]2N3)C2CC2)c1C. The number of hydrogen-bond donors (Lipinski definition) is 2. The molecule has 1 aliphatic carbocycles. The maximum atomic E-state index is 14.0. The van der Waals surface area contributed by atoms with Gasteiger partial charge in [0.25, 0.3) is 0 Å². The zero-order valence-corrected chi connectivity index (χ0v) is 26.4. The highest BCUT2D eigenvalue weighted by Crippen LogP contribution is 2.37. The molecule has 238 valence electrons. The minimum Gasteiger partial charge on any atom is -0.489 e. The summed E-state index contributed by atoms with van der Waals surface area (Å²) in [6.07, 6.45) is 7.83. The van der Waals surface area contributed by atoms with Crippen LogP contribution in [0.15, 0.2) is 54.7 Å². The van der Waals surface area contributed by atoms with Gasteiger partial charge in [-0.2, -0.15) is 0 Å². The van der Waals surface area contributed by atoms with E-state index >= 15 is 0 Å². The number of halogens is 3. The highest BCUT2D eigenvalue weighted by atomic mass is 35.5. The van der Waals surface area contributed by atoms with Crippen molar-refractivity contribution >= 4 is 23.1 Å². The number of fused-ring (bicyclic) bond motifs is 2. The highest BCUT2D eigenvalue weighted by Gasteiger charge is 2.39. The molecular weight excluding hydrogens is 598 g/mol. The van der Waals surface area contributed by atoms with Gasteiger partial charge in [0.15, 0.2) is 11.6 Å². The summed E-state index contributed by atoms with van der Waals surface area (Å²) in [5.41, 5.74) is 5.47. The van der Waals surface area contributed by atoms with Crippen molar-refractivity contribution in [3.05, 3.63) is 93.6 Å². The van der Waals surface area contributed by atoms with Crippen LogP contribution in [-0.4, -0.2) is 60.7 Å². The normalized spacial score (nSPS) is 20.8. The van der Waals surface area contributed by atoms with Gasteiger partial charge in [0.2, 0.25) is 11.8 Å². The number of piperazine rings is 1. The summed E-state index contributed by atoms with van der Waals surface area (Å²) >= 11 is 5.87. The highest BCUT2D eigenvalue weighted by molar-refractivity contribution is 6.32. The van der Waals surface area contributed by atoms with Crippen molar-refractivity contribution in [1.29, 1.82) is 0 Å². The van der Waals surface area contributed by atoms with Crippen LogP contribution in [-0.2, 0) is 17.8 Å². The van der Waals surface area contributed by atoms with Crippen LogP contribution in [0.1, 0.15) is 47.9 Å². The van der Waals surface area contributed by atoms with Gasteiger partial charge in [0.05, 0.1) is 13.7 Å². The van der Waals surface area contributed by atoms with E-state index in [4.69, 9.17) is 21.1 Å². The van der Waals surface area contributed by atoms with E-state index in [0.717, 1.165) is 60.3 Å². The molecule has 45 heavy (non-hydrogen) atoms. The van der Waals surface area contributed by atoms with Crippen molar-refractivity contribution in [3.63, 3.8) is 0 Å². The fourth-order valence-electron chi connectivity index (χ4n) is 6.45. The third-order valence-corrected chi connectivity index (χ3v) is 9.43. The van der Waals surface area contributed by atoms with Crippen molar-refractivity contribution < 1.29 is 23.0 Å². The Morgan fingerprint density at radius 1 is 1.09 bits per heavy atom. The minimum absolute atomic E-state index is 0.0287. The molecule has 6 rings (SSSR count). The quantitative estimate of drug-likeness (QED) is 0.192. The van der Waals surface area contributed by atoms with E-state index in [1.165, 1.54) is 5.57 Å². The van der Waals surface area contributed by atoms with Crippen LogP contribution in [0.5, 0.6) is 11.6 Å². The lowest BCUT2D eigenvalue weighted by Crippen LogP contribution is -2.60. The molecule has 2 bridgehead atoms. The third kappa shape index (κ3) is 7.16. The van der Waals surface area contributed by atoms with Gasteiger partial charge in [-0.15, -0.1) is 0 Å². The molecule has 10 heteroatoms. The molecule has 2 fully saturated rings. The van der Waals surface area contributed by atoms with Crippen LogP contribution in [0.25, 0.3) is 5.57 Å². The molecule has 0 spiro atoms. The van der Waals surface area contributed by atoms with Gasteiger partial charge < -0.3 is 25.0 Å². The molecule has 3 aromatic rings. The molecule has 1 saturated heterocycles. The second-order valence-electron chi connectivity index (χ2n) is 12.1. The number of carbonyl (C=O) groups excluding carboxylic acids is 1. The Kier molecular flexibility index (Phi) is 9.68. The topological polar surface area (TPSA) is 75.7 Å². The molecular formula is C35H39ClF2N4O3. The van der Waals surface area contributed by atoms with Crippen LogP contribution in [0, 0.1) is 24.5 Å². The molecule has 3 aliphatic rings. The number of nitrogens with zero attached hydrogens (tertiary/aromatic N) is 2. The summed E-state index contributed by atoms with van der Waals surface area (Å²) in [6.45, 7) is 4.42. The number of aryl methyl sites for hydroxylation is 1. The van der Waals surface area contributed by atoms with E-state index in [0.29, 0.717) is 31.7 Å². The number of amides is 1. The lowest BCUT2D eigenvalue weighted by Gasteiger charge is -2.42. The van der Waals surface area contributed by atoms with E-state index in [1.54, 1.807) is 13.3 Å². The van der Waals surface area contributed by atoms with Crippen LogP contribution in [0.4, 0.5) is 8.78 Å². The summed E-state index contributed by atoms with van der Waals surface area (Å²) in [4.78, 5) is 20.4. The molecule has 3 heterocycles. The van der Waals surface area contributed by atoms with Gasteiger partial charge in [-0.25, -0.2) is 13.8 Å². The summed E-state index contributed by atoms with van der Waals surface area (Å²) in [6, 6.07) is 13.1. The number of pyridine rings is 1. The monoisotopic (exact) mass is 636 g/mol. The minimum atomic E-state index is -0.708. The Balaban J connectivity index is 1.13. The van der Waals surface area contributed by atoms with Gasteiger partial charge >= 0.3 is 0 Å². The van der Waals surface area contributed by atoms with Crippen LogP contribution in [0.2, 0.25) is 5.02 Å². The molecule has 2 aromatic carbocycles. The Morgan fingerprint density at radius 2 is 1.87 bits per heavy atom. The van der Waals surface area contributed by atoms with Gasteiger partial charge in [-0.3, -0.25) is 4.79 Å². The summed E-state index contributed by atoms with van der Waals surface area (Å²) in [7, 11) is 1.62. The predicted molar refractivity (Wildman–Crippen MR) is 170 cm³/mol. The summed E-state index contributed by atoms with van der Waals surface area (Å²) in [5.74, 6) is -0.844. The maximum Gasteiger partial charge on any atom is 0.223 e. The van der Waals surface area contributed by atoms with E-state index in [-0.39, 0.29) is 47.3 Å². The Morgan fingerprint density at radius 3 is 2.62 bits per heavy atom. The van der Waals surface area contributed by atoms with Crippen molar-refractivity contribution in [2.45, 2.75) is 63.7 Å². The molecule has 1 amide bonds. The van der Waals surface area contributed by atoms with E-state index < -0.39 is 11.6 Å². The van der Waals surface area contributed by atoms with Gasteiger partial charge in [-0.1, -0.05) is 41.9 Å². The average molecular weight is 637 g/mol. The average Bonchev–Trinajstić information content (AvgIpc) is 3.89. The number of hydrogen-bond acceptors (Lipinski definition) is 6. The maximum absolute atomic E-state index is 14.0. The number of benzene rings is 2. The molecule has 2 N–H and O–H groups in total. The number of aromatic nitrogens is 1. The smallest absolute Gasteiger partial charge is 0.223 e. The third-order valence-electron chi connectivity index (χ3n) is 9.07. The first-order valence-electron chi connectivity index (χ1n) is 15.6. The largest absolute Gasteiger partial charge is 0.489 e. The predicted octanol–water partition coefficient (Wildman–Crippen LogP) is 5.87. The lowest BCUT2D eigenvalue weighted by molar-refractivity contribution is -0.133. The second-order valence-corrected chi connectivity index (χ2v) is 12.5. The van der Waals surface area contributed by atoms with Crippen LogP contribution < -0.4 is 20.1 Å². The van der Waals surface area contributed by atoms with Crippen molar-refractivity contribution in [3.8, 4) is 11.6 Å². The van der Waals surface area contributed by atoms with Gasteiger partial charge in [-0.05, 0) is 73.1 Å². The van der Waals surface area contributed by atoms with E-state index in [9.17, 15) is 13.6 Å². The molecule has 1 saturated carbocycles. The zero-order valence-electron chi connectivity index (χ0n) is 25.6. The summed E-state index contributed by atoms with van der Waals surface area (Å²) in [5, 5.41) is 6.92. The number of rotatable bonds is 12. The Bertz CT molecular complexity index is 1560. The fourth-order valence-corrected chi connectivity index (χ4v) is 6.66. The van der Waals surface area contributed by atoms with Gasteiger partial charge in [0, 0.05) is 61.9 Å². The standard InChI is InChI=1S/C35H39ClF2N4O3/c1-21-24(13-14-40-35(21)44-2)20-42(26-9-10-26)32(43)17-28-27(16-25-18-39-19-31(28)41-25)23-7-5-22(6-8-23)4-3-15-45-34-30(38)12-11-29(37)33(34)36/h5-8,11-14,16,25-26,28,31,39,41H,3-4,9-10,15,17-20H2,1-2H3/t25-,28-,31-/m1/s1. The van der Waals surface area contributed by atoms with Crippen molar-refractivity contribution in [2.75, 3.05) is 26.8 Å². The zero-order chi connectivity index (χ0) is 31.5. The molecule has 0 unspecified atom stereocenters. The van der Waals surface area contributed by atoms with Crippen molar-refractivity contribution in [2.24, 2.45) is 5.92 Å². The van der Waals surface area contributed by atoms with E-state index in [1.807, 2.05) is 13.0 Å². The second kappa shape index (κ2) is 13.8. The first-order chi connectivity index (χ1) is 21.8. The lowest BCUT2D eigenvalue weighted by atomic mass is 9.78. The number of nitrogens with one attached hydrogen (secondary N) is 2. The Hall–Kier alpha value is -3.53. The van der Waals surface area contributed by atoms with Crippen LogP contribution >= 0.6 is 11.6 Å². The molecule has 2 aliphatic heterocycles. The van der Waals surface area contributed by atoms with Crippen LogP contribution in [0.3, 0.4) is 0 Å². The number of carbonyl (C=O) groups is 1. The summed E-state index contributed by atoms with van der Waals surface area (Å²) < 4.78 is 38.6. The number of ether oxygens (including phenoxy) is 2. The molecule has 1 aromatic heterocycles. The first-order valence-corrected chi connectivity index (χ1v) is 16.0. The number of methoxy groups -OCH3 is 1. The van der Waals surface area contributed by atoms with Gasteiger partial charge in [0.1, 0.15) is 10.8 Å². The van der Waals surface area contributed by atoms with E-state index in [2.05, 4.69) is 50.9 Å². The first kappa shape index (κ1) is 31.5. The molecule has 7 nitrogen and oxygen atoms in total. The molecule has 0 radical (unpaired) electrons. The van der Waals surface area contributed by atoms with Crippen molar-refractivity contribution in [1.82, 2.24) is 20.5 Å². The molecule has 3 atom stereocenters.